The van der Waals surface area contributed by atoms with E-state index < -0.39 is 0 Å². The molecule has 0 spiro atoms. The lowest BCUT2D eigenvalue weighted by molar-refractivity contribution is 0.179. The first-order valence-corrected chi connectivity index (χ1v) is 8.84. The van der Waals surface area contributed by atoms with E-state index in [1.54, 1.807) is 0 Å². The number of likely N-dealkylation sites (tertiary alicyclic amines) is 1. The number of benzene rings is 1. The molecule has 1 aromatic rings. The average Bonchev–Trinajstić information content (AvgIpc) is 2.48. The van der Waals surface area contributed by atoms with Crippen molar-refractivity contribution < 1.29 is 0 Å². The Morgan fingerprint density at radius 2 is 1.90 bits per heavy atom. The summed E-state index contributed by atoms with van der Waals surface area (Å²) < 4.78 is 0. The molecule has 0 bridgehead atoms. The second kappa shape index (κ2) is 7.13. The minimum Gasteiger partial charge on any atom is -0.314 e. The molecule has 1 saturated heterocycles. The zero-order valence-electron chi connectivity index (χ0n) is 13.0. The van der Waals surface area contributed by atoms with Crippen LogP contribution < -0.4 is 5.32 Å². The Hall–Kier alpha value is -0.570. The zero-order valence-corrected chi connectivity index (χ0v) is 13.8. The van der Waals surface area contributed by atoms with Crippen LogP contribution in [0, 0.1) is 5.92 Å². The molecular weight excluding hydrogens is 280 g/mol. The normalized spacial score (nSPS) is 27.5. The Morgan fingerprint density at radius 1 is 1.19 bits per heavy atom. The van der Waals surface area contributed by atoms with Crippen LogP contribution >= 0.6 is 11.6 Å². The molecule has 2 fully saturated rings. The Balaban J connectivity index is 1.37. The standard InChI is InChI=1S/C18H27ClN2/c1-2-21-9-7-14(8-10-21)13-20-16-11-15(12-16)17-5-3-4-6-18(17)19/h3-6,14-16,20H,2,7-13H2,1H3. The van der Waals surface area contributed by atoms with Crippen LogP contribution in [0.3, 0.4) is 0 Å². The van der Waals surface area contributed by atoms with Crippen molar-refractivity contribution >= 4 is 11.6 Å². The van der Waals surface area contributed by atoms with E-state index in [9.17, 15) is 0 Å². The van der Waals surface area contributed by atoms with Crippen LogP contribution in [0.5, 0.6) is 0 Å². The van der Waals surface area contributed by atoms with E-state index in [1.165, 1.54) is 57.4 Å². The molecule has 2 aliphatic rings. The molecule has 1 aromatic carbocycles. The maximum atomic E-state index is 6.28. The van der Waals surface area contributed by atoms with Crippen molar-refractivity contribution in [2.24, 2.45) is 5.92 Å². The van der Waals surface area contributed by atoms with E-state index in [0.29, 0.717) is 12.0 Å². The molecule has 0 unspecified atom stereocenters. The van der Waals surface area contributed by atoms with Crippen LogP contribution in [-0.4, -0.2) is 37.1 Å². The molecule has 2 nitrogen and oxygen atoms in total. The summed E-state index contributed by atoms with van der Waals surface area (Å²) in [6.45, 7) is 7.26. The molecule has 1 aliphatic heterocycles. The Kier molecular flexibility index (Phi) is 5.20. The maximum absolute atomic E-state index is 6.28. The van der Waals surface area contributed by atoms with Gasteiger partial charge in [-0.25, -0.2) is 0 Å². The van der Waals surface area contributed by atoms with Crippen LogP contribution in [0.2, 0.25) is 5.02 Å². The highest BCUT2D eigenvalue weighted by atomic mass is 35.5. The van der Waals surface area contributed by atoms with Crippen LogP contribution in [0.4, 0.5) is 0 Å². The van der Waals surface area contributed by atoms with E-state index in [4.69, 9.17) is 11.6 Å². The number of hydrogen-bond acceptors (Lipinski definition) is 2. The Morgan fingerprint density at radius 3 is 2.57 bits per heavy atom. The molecule has 21 heavy (non-hydrogen) atoms. The van der Waals surface area contributed by atoms with Crippen LogP contribution in [-0.2, 0) is 0 Å². The van der Waals surface area contributed by atoms with Crippen molar-refractivity contribution in [1.82, 2.24) is 10.2 Å². The molecule has 0 radical (unpaired) electrons. The van der Waals surface area contributed by atoms with Crippen molar-refractivity contribution in [3.05, 3.63) is 34.9 Å². The van der Waals surface area contributed by atoms with Crippen LogP contribution in [0.15, 0.2) is 24.3 Å². The van der Waals surface area contributed by atoms with Gasteiger partial charge >= 0.3 is 0 Å². The van der Waals surface area contributed by atoms with Crippen LogP contribution in [0.25, 0.3) is 0 Å². The molecule has 0 atom stereocenters. The summed E-state index contributed by atoms with van der Waals surface area (Å²) in [5.74, 6) is 1.55. The van der Waals surface area contributed by atoms with Crippen molar-refractivity contribution in [1.29, 1.82) is 0 Å². The third kappa shape index (κ3) is 3.80. The molecular formula is C18H27ClN2. The van der Waals surface area contributed by atoms with Crippen molar-refractivity contribution in [3.63, 3.8) is 0 Å². The lowest BCUT2D eigenvalue weighted by Crippen LogP contribution is -2.44. The van der Waals surface area contributed by atoms with Crippen LogP contribution in [0.1, 0.15) is 44.1 Å². The number of nitrogens with one attached hydrogen (secondary N) is 1. The third-order valence-corrected chi connectivity index (χ3v) is 5.68. The predicted octanol–water partition coefficient (Wildman–Crippen LogP) is 3.91. The van der Waals surface area contributed by atoms with Gasteiger partial charge in [0.05, 0.1) is 0 Å². The largest absolute Gasteiger partial charge is 0.314 e. The van der Waals surface area contributed by atoms with Gasteiger partial charge in [-0.1, -0.05) is 36.7 Å². The molecule has 116 valence electrons. The first kappa shape index (κ1) is 15.3. The molecule has 3 heteroatoms. The SMILES string of the molecule is CCN1CCC(CNC2CC(c3ccccc3Cl)C2)CC1. The number of rotatable bonds is 5. The van der Waals surface area contributed by atoms with Crippen molar-refractivity contribution in [2.75, 3.05) is 26.2 Å². The highest BCUT2D eigenvalue weighted by Crippen LogP contribution is 2.40. The summed E-state index contributed by atoms with van der Waals surface area (Å²) >= 11 is 6.28. The van der Waals surface area contributed by atoms with Gasteiger partial charge in [0.15, 0.2) is 0 Å². The molecule has 1 heterocycles. The van der Waals surface area contributed by atoms with E-state index in [2.05, 4.69) is 29.3 Å². The summed E-state index contributed by atoms with van der Waals surface area (Å²) in [6, 6.07) is 9.02. The summed E-state index contributed by atoms with van der Waals surface area (Å²) in [7, 11) is 0. The third-order valence-electron chi connectivity index (χ3n) is 5.33. The van der Waals surface area contributed by atoms with Gasteiger partial charge in [0, 0.05) is 11.1 Å². The maximum Gasteiger partial charge on any atom is 0.0440 e. The van der Waals surface area contributed by atoms with E-state index in [1.807, 2.05) is 12.1 Å². The quantitative estimate of drug-likeness (QED) is 0.887. The Labute approximate surface area is 133 Å². The summed E-state index contributed by atoms with van der Waals surface area (Å²) in [6.07, 6.45) is 5.22. The first-order chi connectivity index (χ1) is 10.3. The smallest absolute Gasteiger partial charge is 0.0440 e. The monoisotopic (exact) mass is 306 g/mol. The van der Waals surface area contributed by atoms with E-state index >= 15 is 0 Å². The van der Waals surface area contributed by atoms with Gasteiger partial charge in [0.1, 0.15) is 0 Å². The molecule has 1 N–H and O–H groups in total. The summed E-state index contributed by atoms with van der Waals surface area (Å²) in [4.78, 5) is 2.56. The lowest BCUT2D eigenvalue weighted by Gasteiger charge is -2.38. The summed E-state index contributed by atoms with van der Waals surface area (Å²) in [5.41, 5.74) is 1.34. The Bertz CT molecular complexity index is 448. The fraction of sp³-hybridized carbons (Fsp3) is 0.667. The predicted molar refractivity (Wildman–Crippen MR) is 90.1 cm³/mol. The van der Waals surface area contributed by atoms with Gasteiger partial charge in [-0.3, -0.25) is 0 Å². The zero-order chi connectivity index (χ0) is 14.7. The molecule has 0 amide bonds. The summed E-state index contributed by atoms with van der Waals surface area (Å²) in [5, 5.41) is 4.72. The van der Waals surface area contributed by atoms with Crippen molar-refractivity contribution in [3.8, 4) is 0 Å². The van der Waals surface area contributed by atoms with Crippen molar-refractivity contribution in [2.45, 2.75) is 44.6 Å². The topological polar surface area (TPSA) is 15.3 Å². The van der Waals surface area contributed by atoms with E-state index in [0.717, 1.165) is 10.9 Å². The minimum atomic E-state index is 0.665. The molecule has 1 aliphatic carbocycles. The fourth-order valence-electron chi connectivity index (χ4n) is 3.68. The molecule has 1 saturated carbocycles. The number of nitrogens with zero attached hydrogens (tertiary/aromatic N) is 1. The lowest BCUT2D eigenvalue weighted by atomic mass is 9.75. The number of hydrogen-bond donors (Lipinski definition) is 1. The number of halogens is 1. The second-order valence-corrected chi connectivity index (χ2v) is 7.08. The minimum absolute atomic E-state index is 0.665. The van der Waals surface area contributed by atoms with Gasteiger partial charge in [-0.2, -0.15) is 0 Å². The molecule has 3 rings (SSSR count). The highest BCUT2D eigenvalue weighted by Gasteiger charge is 2.31. The van der Waals surface area contributed by atoms with Gasteiger partial charge in [-0.15, -0.1) is 0 Å². The van der Waals surface area contributed by atoms with Gasteiger partial charge in [0.25, 0.3) is 0 Å². The average molecular weight is 307 g/mol. The van der Waals surface area contributed by atoms with Gasteiger partial charge < -0.3 is 10.2 Å². The highest BCUT2D eigenvalue weighted by molar-refractivity contribution is 6.31. The molecule has 0 aromatic heterocycles. The fourth-order valence-corrected chi connectivity index (χ4v) is 3.97. The number of piperidine rings is 1. The first-order valence-electron chi connectivity index (χ1n) is 8.46. The van der Waals surface area contributed by atoms with Gasteiger partial charge in [0.2, 0.25) is 0 Å². The second-order valence-electron chi connectivity index (χ2n) is 6.67. The van der Waals surface area contributed by atoms with Gasteiger partial charge in [-0.05, 0) is 75.3 Å². The van der Waals surface area contributed by atoms with E-state index in [-0.39, 0.29) is 0 Å².